The van der Waals surface area contributed by atoms with E-state index in [1.807, 2.05) is 66.7 Å². The molecule has 0 amide bonds. The van der Waals surface area contributed by atoms with E-state index in [2.05, 4.69) is 13.8 Å². The Bertz CT molecular complexity index is 982. The highest BCUT2D eigenvalue weighted by atomic mass is 28.4. The third-order valence-electron chi connectivity index (χ3n) is 7.39. The molecular weight excluding hydrogens is 403 g/mol. The van der Waals surface area contributed by atoms with Crippen LogP contribution in [0.25, 0.3) is 0 Å². The van der Waals surface area contributed by atoms with Crippen molar-refractivity contribution in [2.75, 3.05) is 6.61 Å². The molecule has 0 aliphatic heterocycles. The fraction of sp³-hybridized carbons (Fsp3) is 0.333. The number of aliphatic hydroxyl groups excluding tert-OH is 1. The second kappa shape index (κ2) is 8.34. The van der Waals surface area contributed by atoms with Crippen molar-refractivity contribution in [1.29, 1.82) is 0 Å². The Kier molecular flexibility index (Phi) is 5.90. The highest BCUT2D eigenvalue weighted by Crippen LogP contribution is 2.58. The number of rotatable bonds is 8. The van der Waals surface area contributed by atoms with Gasteiger partial charge in [0, 0.05) is 5.41 Å². The Hall–Kier alpha value is -2.27. The largest absolute Gasteiger partial charge is 0.424 e. The smallest absolute Gasteiger partial charge is 0.258 e. The summed E-state index contributed by atoms with van der Waals surface area (Å²) in [4.78, 5) is 12.3. The zero-order valence-electron chi connectivity index (χ0n) is 18.3. The van der Waals surface area contributed by atoms with E-state index in [4.69, 9.17) is 0 Å². The molecule has 4 rings (SSSR count). The van der Waals surface area contributed by atoms with Crippen LogP contribution in [0, 0.1) is 11.7 Å². The summed E-state index contributed by atoms with van der Waals surface area (Å²) in [5, 5.41) is 11.9. The SMILES string of the molecule is CC(C)(CC[C@@H]1C[C@@]1(CO)c1cccc(F)c1)[Si](O)(c1ccccc1)c1ccccc1. The molecule has 0 spiro atoms. The molecule has 2 nitrogen and oxygen atoms in total. The van der Waals surface area contributed by atoms with Crippen LogP contribution in [0.5, 0.6) is 0 Å². The van der Waals surface area contributed by atoms with Crippen LogP contribution in [0.4, 0.5) is 4.39 Å². The molecule has 1 aliphatic carbocycles. The summed E-state index contributed by atoms with van der Waals surface area (Å²) in [6.07, 6.45) is 2.58. The van der Waals surface area contributed by atoms with E-state index in [1.165, 1.54) is 6.07 Å². The fourth-order valence-electron chi connectivity index (χ4n) is 5.22. The van der Waals surface area contributed by atoms with Crippen LogP contribution in [0.15, 0.2) is 84.9 Å². The van der Waals surface area contributed by atoms with E-state index in [1.54, 1.807) is 12.1 Å². The van der Waals surface area contributed by atoms with Gasteiger partial charge in [-0.1, -0.05) is 86.6 Å². The van der Waals surface area contributed by atoms with Crippen molar-refractivity contribution in [2.24, 2.45) is 5.92 Å². The molecule has 162 valence electrons. The first-order valence-corrected chi connectivity index (χ1v) is 13.0. The van der Waals surface area contributed by atoms with Gasteiger partial charge in [-0.2, -0.15) is 0 Å². The van der Waals surface area contributed by atoms with Gasteiger partial charge in [-0.25, -0.2) is 4.39 Å². The average molecular weight is 435 g/mol. The molecule has 0 heterocycles. The molecule has 0 bridgehead atoms. The summed E-state index contributed by atoms with van der Waals surface area (Å²) in [5.74, 6) is 0.0367. The van der Waals surface area contributed by atoms with Crippen LogP contribution < -0.4 is 10.4 Å². The van der Waals surface area contributed by atoms with Crippen molar-refractivity contribution in [2.45, 2.75) is 43.6 Å². The van der Waals surface area contributed by atoms with Gasteiger partial charge < -0.3 is 9.90 Å². The molecule has 0 unspecified atom stereocenters. The zero-order valence-corrected chi connectivity index (χ0v) is 19.3. The summed E-state index contributed by atoms with van der Waals surface area (Å²) < 4.78 is 13.8. The van der Waals surface area contributed by atoms with Gasteiger partial charge in [0.2, 0.25) is 0 Å². The summed E-state index contributed by atoms with van der Waals surface area (Å²) in [5.41, 5.74) is 0.536. The van der Waals surface area contributed by atoms with Gasteiger partial charge in [0.05, 0.1) is 6.61 Å². The predicted octanol–water partition coefficient (Wildman–Crippen LogP) is 4.39. The lowest BCUT2D eigenvalue weighted by atomic mass is 9.91. The number of hydrogen-bond acceptors (Lipinski definition) is 2. The first kappa shape index (κ1) is 21.9. The van der Waals surface area contributed by atoms with E-state index in [0.717, 1.165) is 35.2 Å². The van der Waals surface area contributed by atoms with Gasteiger partial charge in [-0.15, -0.1) is 0 Å². The quantitative estimate of drug-likeness (QED) is 0.516. The molecule has 2 N–H and O–H groups in total. The van der Waals surface area contributed by atoms with Crippen molar-refractivity contribution in [3.05, 3.63) is 96.3 Å². The molecule has 1 aliphatic rings. The molecule has 3 aromatic rings. The maximum atomic E-state index is 13.8. The number of benzene rings is 3. The minimum atomic E-state index is -3.04. The molecule has 1 fully saturated rings. The minimum absolute atomic E-state index is 0.0284. The Balaban J connectivity index is 1.60. The number of hydrogen-bond donors (Lipinski definition) is 2. The standard InChI is InChI=1S/C27H31FO2Si/c1-26(2,17-16-22-19-27(22,20-29)21-10-9-11-23(28)18-21)31(30,24-12-5-3-6-13-24)25-14-7-4-8-15-25/h3-15,18,22,29-30H,16-17,19-20H2,1-2H3/t22-,27-/m1/s1. The Morgan fingerprint density at radius 2 is 1.52 bits per heavy atom. The molecule has 2 atom stereocenters. The van der Waals surface area contributed by atoms with Gasteiger partial charge >= 0.3 is 0 Å². The van der Waals surface area contributed by atoms with Gasteiger partial charge in [0.25, 0.3) is 8.32 Å². The molecular formula is C27H31FO2Si. The van der Waals surface area contributed by atoms with Crippen molar-refractivity contribution < 1.29 is 14.3 Å². The molecule has 31 heavy (non-hydrogen) atoms. The van der Waals surface area contributed by atoms with Crippen LogP contribution in [-0.4, -0.2) is 24.8 Å². The first-order valence-electron chi connectivity index (χ1n) is 11.0. The topological polar surface area (TPSA) is 40.5 Å². The lowest BCUT2D eigenvalue weighted by Crippen LogP contribution is -2.65. The normalized spacial score (nSPS) is 21.1. The lowest BCUT2D eigenvalue weighted by molar-refractivity contribution is 0.241. The molecule has 3 aromatic carbocycles. The van der Waals surface area contributed by atoms with Gasteiger partial charge in [0.1, 0.15) is 5.82 Å². The minimum Gasteiger partial charge on any atom is -0.424 e. The summed E-state index contributed by atoms with van der Waals surface area (Å²) in [6.45, 7) is 4.37. The fourth-order valence-corrected chi connectivity index (χ4v) is 8.97. The maximum absolute atomic E-state index is 13.8. The highest BCUT2D eigenvalue weighted by molar-refractivity contribution is 6.98. The monoisotopic (exact) mass is 434 g/mol. The predicted molar refractivity (Wildman–Crippen MR) is 127 cm³/mol. The number of halogens is 1. The summed E-state index contributed by atoms with van der Waals surface area (Å²) in [7, 11) is -3.04. The molecule has 0 aromatic heterocycles. The maximum Gasteiger partial charge on any atom is 0.258 e. The lowest BCUT2D eigenvalue weighted by Gasteiger charge is -2.41. The van der Waals surface area contributed by atoms with Crippen molar-refractivity contribution in [3.8, 4) is 0 Å². The van der Waals surface area contributed by atoms with E-state index >= 15 is 0 Å². The van der Waals surface area contributed by atoms with E-state index < -0.39 is 8.32 Å². The summed E-state index contributed by atoms with van der Waals surface area (Å²) >= 11 is 0. The van der Waals surface area contributed by atoms with Crippen LogP contribution in [-0.2, 0) is 5.41 Å². The zero-order chi connectivity index (χ0) is 22.1. The van der Waals surface area contributed by atoms with Crippen LogP contribution in [0.3, 0.4) is 0 Å². The number of aliphatic hydroxyl groups is 1. The van der Waals surface area contributed by atoms with E-state index in [9.17, 15) is 14.3 Å². The average Bonchev–Trinajstić information content (AvgIpc) is 3.53. The molecule has 0 radical (unpaired) electrons. The molecule has 0 saturated heterocycles. The van der Waals surface area contributed by atoms with Crippen molar-refractivity contribution in [1.82, 2.24) is 0 Å². The van der Waals surface area contributed by atoms with Gasteiger partial charge in [-0.3, -0.25) is 0 Å². The second-order valence-electron chi connectivity index (χ2n) is 9.59. The van der Waals surface area contributed by atoms with Crippen LogP contribution >= 0.6 is 0 Å². The van der Waals surface area contributed by atoms with Crippen LogP contribution in [0.1, 0.15) is 38.7 Å². The van der Waals surface area contributed by atoms with E-state index in [-0.39, 0.29) is 22.9 Å². The van der Waals surface area contributed by atoms with Gasteiger partial charge in [0.15, 0.2) is 0 Å². The van der Waals surface area contributed by atoms with Gasteiger partial charge in [-0.05, 0) is 58.3 Å². The second-order valence-corrected chi connectivity index (χ2v) is 13.5. The highest BCUT2D eigenvalue weighted by Gasteiger charge is 2.56. The van der Waals surface area contributed by atoms with E-state index in [0.29, 0.717) is 5.92 Å². The third kappa shape index (κ3) is 3.89. The molecule has 1 saturated carbocycles. The first-order chi connectivity index (χ1) is 14.8. The van der Waals surface area contributed by atoms with Crippen molar-refractivity contribution in [3.63, 3.8) is 0 Å². The Morgan fingerprint density at radius 1 is 0.935 bits per heavy atom. The van der Waals surface area contributed by atoms with Crippen LogP contribution in [0.2, 0.25) is 5.04 Å². The molecule has 4 heteroatoms. The Morgan fingerprint density at radius 3 is 2.03 bits per heavy atom. The summed E-state index contributed by atoms with van der Waals surface area (Å²) in [6, 6.07) is 26.8. The third-order valence-corrected chi connectivity index (χ3v) is 11.9. The Labute approximate surface area is 185 Å². The van der Waals surface area contributed by atoms with Crippen molar-refractivity contribution >= 4 is 18.7 Å².